The minimum Gasteiger partial charge on any atom is -0.502 e. The number of phenolic OH excluding ortho intramolecular Hbond substituents is 1. The van der Waals surface area contributed by atoms with Gasteiger partial charge in [-0.05, 0) is 62.0 Å². The van der Waals surface area contributed by atoms with E-state index in [1.807, 2.05) is 0 Å². The van der Waals surface area contributed by atoms with E-state index < -0.39 is 16.4 Å². The third-order valence-electron chi connectivity index (χ3n) is 5.78. The summed E-state index contributed by atoms with van der Waals surface area (Å²) >= 11 is 0. The van der Waals surface area contributed by atoms with Crippen LogP contribution in [-0.2, 0) is 0 Å². The number of carbonyl (C=O) groups excluding carboxylic acids is 1. The van der Waals surface area contributed by atoms with Gasteiger partial charge >= 0.3 is 11.7 Å². The van der Waals surface area contributed by atoms with Crippen LogP contribution in [0, 0.1) is 27.9 Å². The summed E-state index contributed by atoms with van der Waals surface area (Å²) in [7, 11) is 0. The van der Waals surface area contributed by atoms with Crippen LogP contribution in [-0.4, -0.2) is 21.6 Å². The molecule has 0 saturated heterocycles. The van der Waals surface area contributed by atoms with Crippen molar-refractivity contribution in [1.82, 2.24) is 5.32 Å². The summed E-state index contributed by atoms with van der Waals surface area (Å²) in [6.45, 7) is 0. The minimum absolute atomic E-state index is 0.0828. The fourth-order valence-corrected chi connectivity index (χ4v) is 5.14. The second kappa shape index (κ2) is 4.84. The molecule has 4 fully saturated rings. The molecule has 0 aromatic heterocycles. The van der Waals surface area contributed by atoms with E-state index in [4.69, 9.17) is 0 Å². The Morgan fingerprint density at radius 3 is 2.61 bits per heavy atom. The van der Waals surface area contributed by atoms with Gasteiger partial charge in [-0.2, -0.15) is 0 Å². The largest absolute Gasteiger partial charge is 0.502 e. The molecule has 4 aliphatic rings. The number of benzene rings is 1. The van der Waals surface area contributed by atoms with E-state index in [0.29, 0.717) is 11.6 Å². The van der Waals surface area contributed by atoms with Crippen molar-refractivity contribution in [3.8, 4) is 5.75 Å². The van der Waals surface area contributed by atoms with Crippen LogP contribution in [0.25, 0.3) is 0 Å². The van der Waals surface area contributed by atoms with Crippen molar-refractivity contribution in [2.45, 2.75) is 37.6 Å². The van der Waals surface area contributed by atoms with E-state index in [2.05, 4.69) is 10.6 Å². The number of amides is 2. The predicted molar refractivity (Wildman–Crippen MR) is 83.2 cm³/mol. The normalized spacial score (nSPS) is 33.7. The number of hydrogen-bond donors (Lipinski definition) is 3. The molecule has 7 heteroatoms. The fourth-order valence-electron chi connectivity index (χ4n) is 5.14. The topological polar surface area (TPSA) is 104 Å². The Balaban J connectivity index is 1.47. The summed E-state index contributed by atoms with van der Waals surface area (Å²) in [5.41, 5.74) is -0.191. The number of nitrogens with one attached hydrogen (secondary N) is 2. The second-order valence-corrected chi connectivity index (χ2v) is 7.24. The first-order chi connectivity index (χ1) is 10.9. The summed E-state index contributed by atoms with van der Waals surface area (Å²) in [5, 5.41) is 26.1. The maximum Gasteiger partial charge on any atom is 0.319 e. The van der Waals surface area contributed by atoms with E-state index in [9.17, 15) is 20.0 Å². The number of urea groups is 1. The van der Waals surface area contributed by atoms with Gasteiger partial charge in [-0.25, -0.2) is 4.79 Å². The molecule has 1 aromatic carbocycles. The number of hydrogen-bond acceptors (Lipinski definition) is 4. The van der Waals surface area contributed by atoms with Gasteiger partial charge in [-0.3, -0.25) is 10.1 Å². The molecule has 2 atom stereocenters. The Morgan fingerprint density at radius 1 is 1.26 bits per heavy atom. The zero-order valence-corrected chi connectivity index (χ0v) is 12.6. The highest BCUT2D eigenvalue weighted by atomic mass is 16.6. The van der Waals surface area contributed by atoms with Crippen molar-refractivity contribution in [3.05, 3.63) is 28.3 Å². The van der Waals surface area contributed by atoms with Gasteiger partial charge in [-0.1, -0.05) is 0 Å². The number of anilines is 1. The molecular weight excluding hydrogens is 298 g/mol. The zero-order chi connectivity index (χ0) is 16.2. The lowest BCUT2D eigenvalue weighted by molar-refractivity contribution is -0.385. The minimum atomic E-state index is -0.672. The molecule has 23 heavy (non-hydrogen) atoms. The van der Waals surface area contributed by atoms with E-state index in [1.165, 1.54) is 37.5 Å². The highest BCUT2D eigenvalue weighted by molar-refractivity contribution is 5.90. The van der Waals surface area contributed by atoms with Crippen LogP contribution in [0.15, 0.2) is 18.2 Å². The third-order valence-corrected chi connectivity index (χ3v) is 5.78. The van der Waals surface area contributed by atoms with Gasteiger partial charge < -0.3 is 15.7 Å². The number of rotatable bonds is 3. The molecule has 0 heterocycles. The molecule has 1 aromatic rings. The Labute approximate surface area is 133 Å². The van der Waals surface area contributed by atoms with Crippen molar-refractivity contribution in [2.75, 3.05) is 5.32 Å². The summed E-state index contributed by atoms with van der Waals surface area (Å²) in [6.07, 6.45) is 5.82. The highest BCUT2D eigenvalue weighted by Gasteiger charge is 2.58. The van der Waals surface area contributed by atoms with E-state index in [0.717, 1.165) is 24.7 Å². The molecule has 5 rings (SSSR count). The molecule has 4 bridgehead atoms. The van der Waals surface area contributed by atoms with Crippen LogP contribution in [0.4, 0.5) is 16.2 Å². The number of nitrogens with zero attached hydrogens (tertiary/aromatic N) is 1. The maximum atomic E-state index is 12.3. The van der Waals surface area contributed by atoms with Crippen LogP contribution in [0.1, 0.15) is 32.1 Å². The zero-order valence-electron chi connectivity index (χ0n) is 12.6. The molecule has 3 N–H and O–H groups in total. The lowest BCUT2D eigenvalue weighted by atomic mass is 9.80. The standard InChI is InChI=1S/C16H19N3O4/c20-14-2-1-12(6-13(14)19(22)23)17-15(21)18-16-7-9-3-10(8-16)5-11(16)4-9/h1-2,6,9-11,20H,3-5,7-8H2,(H2,17,18,21). The average molecular weight is 317 g/mol. The molecule has 122 valence electrons. The Kier molecular flexibility index (Phi) is 3.01. The SMILES string of the molecule is O=C(Nc1ccc(O)c([N+](=O)[O-])c1)NC12CC3CC(CC1C3)C2. The summed E-state index contributed by atoms with van der Waals surface area (Å²) in [4.78, 5) is 22.5. The number of nitro benzene ring substituents is 1. The molecule has 2 unspecified atom stereocenters. The van der Waals surface area contributed by atoms with Gasteiger partial charge in [0.15, 0.2) is 5.75 Å². The predicted octanol–water partition coefficient (Wildman–Crippen LogP) is 3.00. The van der Waals surface area contributed by atoms with E-state index >= 15 is 0 Å². The van der Waals surface area contributed by atoms with Crippen molar-refractivity contribution >= 4 is 17.4 Å². The van der Waals surface area contributed by atoms with Crippen LogP contribution in [0.2, 0.25) is 0 Å². The quantitative estimate of drug-likeness (QED) is 0.453. The van der Waals surface area contributed by atoms with Crippen molar-refractivity contribution in [3.63, 3.8) is 0 Å². The molecule has 0 spiro atoms. The monoisotopic (exact) mass is 317 g/mol. The number of aromatic hydroxyl groups is 1. The van der Waals surface area contributed by atoms with Gasteiger partial charge in [0.25, 0.3) is 0 Å². The van der Waals surface area contributed by atoms with E-state index in [1.54, 1.807) is 0 Å². The van der Waals surface area contributed by atoms with E-state index in [-0.39, 0.29) is 11.6 Å². The van der Waals surface area contributed by atoms with Gasteiger partial charge in [0.2, 0.25) is 0 Å². The average Bonchev–Trinajstić information content (AvgIpc) is 2.84. The molecule has 2 amide bonds. The van der Waals surface area contributed by atoms with Crippen molar-refractivity contribution in [2.24, 2.45) is 17.8 Å². The highest BCUT2D eigenvalue weighted by Crippen LogP contribution is 2.60. The number of nitro groups is 1. The molecule has 4 saturated carbocycles. The van der Waals surface area contributed by atoms with Crippen LogP contribution in [0.5, 0.6) is 5.75 Å². The summed E-state index contributed by atoms with van der Waals surface area (Å²) < 4.78 is 0. The first-order valence-corrected chi connectivity index (χ1v) is 8.02. The lowest BCUT2D eigenvalue weighted by Gasteiger charge is -2.33. The Bertz CT molecular complexity index is 676. The second-order valence-electron chi connectivity index (χ2n) is 7.24. The number of carbonyl (C=O) groups is 1. The van der Waals surface area contributed by atoms with Crippen LogP contribution >= 0.6 is 0 Å². The van der Waals surface area contributed by atoms with Crippen LogP contribution in [0.3, 0.4) is 0 Å². The molecular formula is C16H19N3O4. The Morgan fingerprint density at radius 2 is 1.96 bits per heavy atom. The van der Waals surface area contributed by atoms with Gasteiger partial charge in [-0.15, -0.1) is 0 Å². The fraction of sp³-hybridized carbons (Fsp3) is 0.562. The van der Waals surface area contributed by atoms with Crippen LogP contribution < -0.4 is 10.6 Å². The Hall–Kier alpha value is -2.31. The molecule has 4 aliphatic carbocycles. The molecule has 0 aliphatic heterocycles. The molecule has 0 radical (unpaired) electrons. The summed E-state index contributed by atoms with van der Waals surface area (Å²) in [6, 6.07) is 3.52. The first-order valence-electron chi connectivity index (χ1n) is 8.02. The summed E-state index contributed by atoms with van der Waals surface area (Å²) in [5.74, 6) is 1.64. The van der Waals surface area contributed by atoms with Gasteiger partial charge in [0.1, 0.15) is 0 Å². The first kappa shape index (κ1) is 14.3. The van der Waals surface area contributed by atoms with Gasteiger partial charge in [0, 0.05) is 17.3 Å². The van der Waals surface area contributed by atoms with Gasteiger partial charge in [0.05, 0.1) is 4.92 Å². The molecule has 7 nitrogen and oxygen atoms in total. The van der Waals surface area contributed by atoms with Crippen molar-refractivity contribution in [1.29, 1.82) is 0 Å². The lowest BCUT2D eigenvalue weighted by Crippen LogP contribution is -2.51. The smallest absolute Gasteiger partial charge is 0.319 e. The third kappa shape index (κ3) is 2.31. The van der Waals surface area contributed by atoms with Crippen molar-refractivity contribution < 1.29 is 14.8 Å². The maximum absolute atomic E-state index is 12.3. The number of phenols is 1.